The Kier molecular flexibility index (Phi) is 8.43. The zero-order valence-electron chi connectivity index (χ0n) is 23.7. The molecule has 0 saturated carbocycles. The van der Waals surface area contributed by atoms with Gasteiger partial charge in [0.05, 0.1) is 30.2 Å². The van der Waals surface area contributed by atoms with E-state index in [1.807, 2.05) is 0 Å². The summed E-state index contributed by atoms with van der Waals surface area (Å²) < 4.78 is 21.4. The van der Waals surface area contributed by atoms with Gasteiger partial charge in [-0.15, -0.1) is 5.26 Å². The van der Waals surface area contributed by atoms with E-state index >= 15 is 0 Å². The Morgan fingerprint density at radius 1 is 1.05 bits per heavy atom. The highest BCUT2D eigenvalue weighted by Gasteiger charge is 2.67. The number of amides is 4. The molecule has 14 heteroatoms. The van der Waals surface area contributed by atoms with E-state index in [0.717, 1.165) is 10.5 Å². The maximum atomic E-state index is 13.4. The summed E-state index contributed by atoms with van der Waals surface area (Å²) in [5.41, 5.74) is 1.19. The summed E-state index contributed by atoms with van der Waals surface area (Å²) in [5, 5.41) is 13.9. The molecule has 5 rings (SSSR count). The molecule has 4 amide bonds. The molecular formula is C30H27N5O9. The van der Waals surface area contributed by atoms with Crippen LogP contribution in [0.5, 0.6) is 5.75 Å². The lowest BCUT2D eigenvalue weighted by Gasteiger charge is -2.28. The highest BCUT2D eigenvalue weighted by atomic mass is 16.6. The average Bonchev–Trinajstić information content (AvgIpc) is 3.64. The van der Waals surface area contributed by atoms with E-state index in [0.29, 0.717) is 22.6 Å². The number of rotatable bonds is 10. The second-order valence-electron chi connectivity index (χ2n) is 10.4. The minimum Gasteiger partial charge on any atom is -0.449 e. The van der Waals surface area contributed by atoms with Crippen molar-refractivity contribution in [1.82, 2.24) is 4.90 Å². The minimum atomic E-state index is -1.30. The summed E-state index contributed by atoms with van der Waals surface area (Å²) >= 11 is 0. The van der Waals surface area contributed by atoms with Gasteiger partial charge in [0, 0.05) is 24.0 Å². The standard InChI is InChI=1S/C30H27N5O9/c1-17-4-6-19(12-21(17)32-16-36)33-28(39)41-11-3-10-35-26(37)24-22-8-9-30(44-22,25(24)27(35)38)14-42-29(40)34-20-7-5-18(2)23(13-20)43-15-31/h4-9,12-13,22,24-25H,3,10-11,14H2,1-2H3,(H,33,39)(H,34,40). The Bertz CT molecular complexity index is 1640. The van der Waals surface area contributed by atoms with Gasteiger partial charge in [-0.25, -0.2) is 14.4 Å². The maximum Gasteiger partial charge on any atom is 0.411 e. The third-order valence-electron chi connectivity index (χ3n) is 7.65. The molecule has 14 nitrogen and oxygen atoms in total. The number of aryl methyl sites for hydroxylation is 2. The van der Waals surface area contributed by atoms with E-state index < -0.39 is 47.5 Å². The normalized spacial score (nSPS) is 22.6. The molecule has 2 saturated heterocycles. The van der Waals surface area contributed by atoms with Crippen molar-refractivity contribution in [2.75, 3.05) is 30.4 Å². The van der Waals surface area contributed by atoms with Gasteiger partial charge in [-0.1, -0.05) is 18.2 Å². The van der Waals surface area contributed by atoms with Crippen LogP contribution in [0.1, 0.15) is 17.5 Å². The minimum absolute atomic E-state index is 0.0192. The summed E-state index contributed by atoms with van der Waals surface area (Å²) in [4.78, 5) is 66.6. The van der Waals surface area contributed by atoms with Crippen molar-refractivity contribution >= 4 is 47.1 Å². The predicted octanol–water partition coefficient (Wildman–Crippen LogP) is 3.63. The van der Waals surface area contributed by atoms with Crippen molar-refractivity contribution in [3.8, 4) is 12.0 Å². The molecule has 44 heavy (non-hydrogen) atoms. The topological polar surface area (TPSA) is 186 Å². The van der Waals surface area contributed by atoms with E-state index in [4.69, 9.17) is 24.2 Å². The van der Waals surface area contributed by atoms with Crippen molar-refractivity contribution in [1.29, 1.82) is 5.26 Å². The molecule has 2 aromatic rings. The molecule has 0 aliphatic carbocycles. The second-order valence-corrected chi connectivity index (χ2v) is 10.4. The number of nitrogens with zero attached hydrogens (tertiary/aromatic N) is 3. The highest BCUT2D eigenvalue weighted by Crippen LogP contribution is 2.52. The van der Waals surface area contributed by atoms with Gasteiger partial charge in [-0.2, -0.15) is 4.99 Å². The second kappa shape index (κ2) is 12.4. The van der Waals surface area contributed by atoms with E-state index in [-0.39, 0.29) is 31.9 Å². The van der Waals surface area contributed by atoms with Crippen molar-refractivity contribution in [2.45, 2.75) is 32.0 Å². The molecule has 0 radical (unpaired) electrons. The number of aliphatic imine (C=N–C) groups is 1. The highest BCUT2D eigenvalue weighted by molar-refractivity contribution is 6.07. The van der Waals surface area contributed by atoms with Crippen molar-refractivity contribution in [3.63, 3.8) is 0 Å². The monoisotopic (exact) mass is 601 g/mol. The van der Waals surface area contributed by atoms with Gasteiger partial charge in [0.25, 0.3) is 6.26 Å². The molecule has 2 aromatic carbocycles. The molecule has 4 unspecified atom stereocenters. The molecule has 3 aliphatic rings. The van der Waals surface area contributed by atoms with Crippen LogP contribution >= 0.6 is 0 Å². The maximum absolute atomic E-state index is 13.4. The van der Waals surface area contributed by atoms with Crippen LogP contribution in [0.15, 0.2) is 53.5 Å². The van der Waals surface area contributed by atoms with Crippen molar-refractivity contribution < 1.29 is 42.9 Å². The number of isocyanates is 1. The van der Waals surface area contributed by atoms with Crippen LogP contribution in [0, 0.1) is 37.2 Å². The fourth-order valence-corrected chi connectivity index (χ4v) is 5.52. The summed E-state index contributed by atoms with van der Waals surface area (Å²) in [5.74, 6) is -2.21. The van der Waals surface area contributed by atoms with Gasteiger partial charge < -0.3 is 18.9 Å². The number of carbonyl (C=O) groups is 4. The van der Waals surface area contributed by atoms with E-state index in [9.17, 15) is 24.0 Å². The van der Waals surface area contributed by atoms with Crippen molar-refractivity contribution in [2.24, 2.45) is 16.8 Å². The lowest BCUT2D eigenvalue weighted by atomic mass is 9.77. The van der Waals surface area contributed by atoms with E-state index in [1.165, 1.54) is 18.2 Å². The number of hydrogen-bond acceptors (Lipinski definition) is 11. The molecule has 3 aliphatic heterocycles. The zero-order valence-corrected chi connectivity index (χ0v) is 23.7. The molecule has 0 spiro atoms. The van der Waals surface area contributed by atoms with Crippen LogP contribution in [0.2, 0.25) is 0 Å². The third-order valence-corrected chi connectivity index (χ3v) is 7.65. The SMILES string of the molecule is Cc1ccc(NC(=O)OCCCN2C(=O)C3C4C=CC(COC(=O)Nc5ccc(C)c(OC#N)c5)(O4)C3C2=O)cc1N=C=O. The Morgan fingerprint density at radius 2 is 1.75 bits per heavy atom. The summed E-state index contributed by atoms with van der Waals surface area (Å²) in [6, 6.07) is 9.55. The number of imide groups is 1. The van der Waals surface area contributed by atoms with Crippen LogP contribution in [0.25, 0.3) is 0 Å². The Hall–Kier alpha value is -5.51. The predicted molar refractivity (Wildman–Crippen MR) is 151 cm³/mol. The average molecular weight is 602 g/mol. The molecule has 226 valence electrons. The van der Waals surface area contributed by atoms with Crippen LogP contribution in [0.3, 0.4) is 0 Å². The lowest BCUT2D eigenvalue weighted by molar-refractivity contribution is -0.145. The Morgan fingerprint density at radius 3 is 2.48 bits per heavy atom. The first-order chi connectivity index (χ1) is 21.2. The van der Waals surface area contributed by atoms with Gasteiger partial charge in [0.15, 0.2) is 0 Å². The molecule has 3 heterocycles. The Labute approximate surface area is 251 Å². The van der Waals surface area contributed by atoms with Gasteiger partial charge in [0.2, 0.25) is 17.9 Å². The van der Waals surface area contributed by atoms with E-state index in [2.05, 4.69) is 15.6 Å². The number of carbonyl (C=O) groups excluding carboxylic acids is 5. The quantitative estimate of drug-likeness (QED) is 0.102. The van der Waals surface area contributed by atoms with Gasteiger partial charge in [-0.05, 0) is 55.7 Å². The van der Waals surface area contributed by atoms with Crippen LogP contribution in [-0.2, 0) is 28.6 Å². The Balaban J connectivity index is 1.13. The molecule has 2 fully saturated rings. The van der Waals surface area contributed by atoms with Crippen LogP contribution in [-0.4, -0.2) is 66.4 Å². The zero-order chi connectivity index (χ0) is 31.4. The molecule has 0 aromatic heterocycles. The lowest BCUT2D eigenvalue weighted by Crippen LogP contribution is -2.45. The fraction of sp³-hybridized carbons (Fsp3) is 0.333. The van der Waals surface area contributed by atoms with E-state index in [1.54, 1.807) is 56.5 Å². The van der Waals surface area contributed by atoms with Gasteiger partial charge in [0.1, 0.15) is 18.0 Å². The first kappa shape index (κ1) is 30.0. The number of nitriles is 1. The number of benzene rings is 2. The van der Waals surface area contributed by atoms with Gasteiger partial charge >= 0.3 is 12.2 Å². The first-order valence-corrected chi connectivity index (χ1v) is 13.6. The fourth-order valence-electron chi connectivity index (χ4n) is 5.52. The molecule has 2 N–H and O–H groups in total. The molecular weight excluding hydrogens is 574 g/mol. The van der Waals surface area contributed by atoms with Gasteiger partial charge in [-0.3, -0.25) is 25.1 Å². The largest absolute Gasteiger partial charge is 0.449 e. The number of fused-ring (bicyclic) bond motifs is 5. The van der Waals surface area contributed by atoms with Crippen LogP contribution < -0.4 is 15.4 Å². The molecule has 2 bridgehead atoms. The summed E-state index contributed by atoms with van der Waals surface area (Å²) in [7, 11) is 0. The number of likely N-dealkylation sites (tertiary alicyclic amines) is 1. The third kappa shape index (κ3) is 5.87. The summed E-state index contributed by atoms with van der Waals surface area (Å²) in [6.07, 6.45) is 4.36. The number of ether oxygens (including phenoxy) is 4. The smallest absolute Gasteiger partial charge is 0.411 e. The number of nitrogens with one attached hydrogen (secondary N) is 2. The first-order valence-electron chi connectivity index (χ1n) is 13.6. The number of anilines is 2. The summed E-state index contributed by atoms with van der Waals surface area (Å²) in [6.45, 7) is 3.13. The molecule has 4 atom stereocenters. The number of hydrogen-bond donors (Lipinski definition) is 2. The van der Waals surface area contributed by atoms with Crippen molar-refractivity contribution in [3.05, 3.63) is 59.7 Å². The van der Waals surface area contributed by atoms with Crippen LogP contribution in [0.4, 0.5) is 26.7 Å².